The van der Waals surface area contributed by atoms with Gasteiger partial charge in [-0.05, 0) is 106 Å². The van der Waals surface area contributed by atoms with Crippen molar-refractivity contribution in [3.8, 4) is 56.0 Å². The molecule has 2 aromatic heterocycles. The van der Waals surface area contributed by atoms with E-state index in [4.69, 9.17) is 14.4 Å². The van der Waals surface area contributed by atoms with E-state index in [0.717, 1.165) is 33.2 Å². The average molecular weight is 711 g/mol. The van der Waals surface area contributed by atoms with Crippen LogP contribution in [0.5, 0.6) is 0 Å². The third kappa shape index (κ3) is 4.50. The van der Waals surface area contributed by atoms with Crippen LogP contribution in [-0.2, 0) is 10.8 Å². The first-order chi connectivity index (χ1) is 27.2. The summed E-state index contributed by atoms with van der Waals surface area (Å²) in [4.78, 5) is 10.2. The van der Waals surface area contributed by atoms with Crippen LogP contribution in [0.1, 0.15) is 86.5 Å². The molecule has 3 nitrogen and oxygen atoms in total. The molecule has 12 rings (SSSR count). The minimum Gasteiger partial charge on any atom is -0.438 e. The first-order valence-electron chi connectivity index (χ1n) is 20.5. The summed E-state index contributed by atoms with van der Waals surface area (Å²) in [6, 6.07) is 49.5. The Kier molecular flexibility index (Phi) is 6.79. The third-order valence-electron chi connectivity index (χ3n) is 13.9. The lowest BCUT2D eigenvalue weighted by Gasteiger charge is -2.37. The van der Waals surface area contributed by atoms with Crippen molar-refractivity contribution in [2.24, 2.45) is 0 Å². The van der Waals surface area contributed by atoms with Gasteiger partial charge in [0, 0.05) is 27.3 Å². The van der Waals surface area contributed by atoms with Crippen LogP contribution in [-0.4, -0.2) is 9.97 Å². The highest BCUT2D eigenvalue weighted by Gasteiger charge is 2.49. The van der Waals surface area contributed by atoms with Crippen LogP contribution in [0.4, 0.5) is 0 Å². The van der Waals surface area contributed by atoms with E-state index in [9.17, 15) is 0 Å². The van der Waals surface area contributed by atoms with Crippen molar-refractivity contribution in [3.63, 3.8) is 0 Å². The average Bonchev–Trinajstić information content (AvgIpc) is 3.85. The fourth-order valence-electron chi connectivity index (χ4n) is 11.4. The van der Waals surface area contributed by atoms with E-state index >= 15 is 0 Å². The highest BCUT2D eigenvalue weighted by Crippen LogP contribution is 2.62. The van der Waals surface area contributed by atoms with Crippen LogP contribution in [0.3, 0.4) is 0 Å². The van der Waals surface area contributed by atoms with Crippen molar-refractivity contribution in [2.75, 3.05) is 0 Å². The zero-order valence-corrected chi connectivity index (χ0v) is 31.1. The Bertz CT molecular complexity index is 2820. The van der Waals surface area contributed by atoms with Crippen LogP contribution in [0.2, 0.25) is 0 Å². The third-order valence-corrected chi connectivity index (χ3v) is 13.9. The molecule has 266 valence electrons. The van der Waals surface area contributed by atoms with Gasteiger partial charge in [-0.15, -0.1) is 0 Å². The Morgan fingerprint density at radius 2 is 1.00 bits per heavy atom. The number of para-hydroxylation sites is 1. The lowest BCUT2D eigenvalue weighted by molar-refractivity contribution is 0.350. The van der Waals surface area contributed by atoms with Gasteiger partial charge in [-0.1, -0.05) is 148 Å². The molecule has 0 unspecified atom stereocenters. The fourth-order valence-corrected chi connectivity index (χ4v) is 11.4. The van der Waals surface area contributed by atoms with Gasteiger partial charge in [0.1, 0.15) is 5.58 Å². The van der Waals surface area contributed by atoms with Gasteiger partial charge in [0.05, 0.1) is 11.1 Å². The molecule has 2 fully saturated rings. The zero-order chi connectivity index (χ0) is 36.1. The monoisotopic (exact) mass is 710 g/mol. The lowest BCUT2D eigenvalue weighted by Crippen LogP contribution is -2.29. The van der Waals surface area contributed by atoms with E-state index in [1.807, 2.05) is 24.3 Å². The number of nitrogens with zero attached hydrogens (tertiary/aromatic N) is 2. The number of benzene rings is 6. The molecule has 0 N–H and O–H groups in total. The molecule has 0 amide bonds. The molecular weight excluding hydrogens is 669 g/mol. The second kappa shape index (κ2) is 11.8. The van der Waals surface area contributed by atoms with Crippen LogP contribution < -0.4 is 0 Å². The number of aromatic nitrogens is 2. The molecule has 0 atom stereocenters. The SMILES string of the molecule is c1ccc(-c2nc(-c3ccc(-c4ccc5c(c4)C4(CCCCC4)c4cc6c(cc4-5)C4(CCCCC4)c4ccccc4-6)cc3)nc3oc4ccccc4c23)cc1. The molecule has 2 saturated carbocycles. The standard InChI is InChI=1S/C52H42N2O/c1-4-14-34(15-5-1)48-47-39-17-7-9-19-46(39)55-50(47)54-49(53-48)35-22-20-33(21-23-35)36-24-25-38-41-32-44-40(31-45(41)52(43(38)30-36)28-12-3-13-29-52)37-16-6-8-18-42(37)51(44)26-10-2-11-27-51/h1,4-9,14-25,30-32H,2-3,10-13,26-29H2. The van der Waals surface area contributed by atoms with Gasteiger partial charge >= 0.3 is 0 Å². The van der Waals surface area contributed by atoms with Crippen molar-refractivity contribution in [1.29, 1.82) is 0 Å². The minimum absolute atomic E-state index is 0.0782. The molecule has 55 heavy (non-hydrogen) atoms. The molecule has 8 aromatic rings. The van der Waals surface area contributed by atoms with Crippen LogP contribution in [0.15, 0.2) is 138 Å². The largest absolute Gasteiger partial charge is 0.438 e. The number of fused-ring (bicyclic) bond motifs is 13. The summed E-state index contributed by atoms with van der Waals surface area (Å²) in [5.41, 5.74) is 19.4. The van der Waals surface area contributed by atoms with Gasteiger partial charge in [0.25, 0.3) is 0 Å². The summed E-state index contributed by atoms with van der Waals surface area (Å²) in [6.45, 7) is 0. The van der Waals surface area contributed by atoms with Gasteiger partial charge in [0.15, 0.2) is 5.82 Å². The van der Waals surface area contributed by atoms with E-state index in [2.05, 4.69) is 109 Å². The molecular formula is C52H42N2O. The fraction of sp³-hybridized carbons (Fsp3) is 0.231. The Hall–Kier alpha value is -5.80. The van der Waals surface area contributed by atoms with Gasteiger partial charge < -0.3 is 4.42 Å². The Morgan fingerprint density at radius 3 is 1.75 bits per heavy atom. The van der Waals surface area contributed by atoms with Crippen molar-refractivity contribution in [2.45, 2.75) is 75.0 Å². The van der Waals surface area contributed by atoms with E-state index < -0.39 is 0 Å². The molecule has 0 aliphatic heterocycles. The molecule has 0 saturated heterocycles. The highest BCUT2D eigenvalue weighted by atomic mass is 16.3. The molecule has 0 radical (unpaired) electrons. The van der Waals surface area contributed by atoms with Gasteiger partial charge in [-0.25, -0.2) is 4.98 Å². The van der Waals surface area contributed by atoms with Gasteiger partial charge in [-0.3, -0.25) is 0 Å². The maximum Gasteiger partial charge on any atom is 0.231 e. The van der Waals surface area contributed by atoms with E-state index in [0.29, 0.717) is 11.5 Å². The summed E-state index contributed by atoms with van der Waals surface area (Å²) in [5, 5.41) is 2.00. The maximum absolute atomic E-state index is 6.32. The summed E-state index contributed by atoms with van der Waals surface area (Å²) in [7, 11) is 0. The Labute approximate surface area is 322 Å². The first kappa shape index (κ1) is 31.5. The highest BCUT2D eigenvalue weighted by molar-refractivity contribution is 6.10. The lowest BCUT2D eigenvalue weighted by atomic mass is 9.66. The number of hydrogen-bond acceptors (Lipinski definition) is 3. The second-order valence-corrected chi connectivity index (χ2v) is 16.7. The Balaban J connectivity index is 0.959. The van der Waals surface area contributed by atoms with Crippen LogP contribution >= 0.6 is 0 Å². The molecule has 4 aliphatic carbocycles. The summed E-state index contributed by atoms with van der Waals surface area (Å²) in [6.07, 6.45) is 12.9. The number of furan rings is 1. The van der Waals surface area contributed by atoms with Crippen LogP contribution in [0, 0.1) is 0 Å². The van der Waals surface area contributed by atoms with E-state index in [1.54, 1.807) is 22.3 Å². The normalized spacial score (nSPS) is 17.4. The molecule has 6 aromatic carbocycles. The topological polar surface area (TPSA) is 38.9 Å². The quantitative estimate of drug-likeness (QED) is 0.183. The van der Waals surface area contributed by atoms with E-state index in [1.165, 1.54) is 97.6 Å². The summed E-state index contributed by atoms with van der Waals surface area (Å²) < 4.78 is 6.32. The van der Waals surface area contributed by atoms with Gasteiger partial charge in [0.2, 0.25) is 5.71 Å². The molecule has 4 aliphatic rings. The predicted octanol–water partition coefficient (Wildman–Crippen LogP) is 13.8. The van der Waals surface area contributed by atoms with Crippen LogP contribution in [0.25, 0.3) is 78.1 Å². The Morgan fingerprint density at radius 1 is 0.418 bits per heavy atom. The zero-order valence-electron chi connectivity index (χ0n) is 31.1. The van der Waals surface area contributed by atoms with Crippen molar-refractivity contribution in [1.82, 2.24) is 9.97 Å². The summed E-state index contributed by atoms with van der Waals surface area (Å²) in [5.74, 6) is 0.674. The first-order valence-corrected chi connectivity index (χ1v) is 20.5. The second-order valence-electron chi connectivity index (χ2n) is 16.7. The van der Waals surface area contributed by atoms with Crippen molar-refractivity contribution >= 4 is 22.1 Å². The molecule has 2 heterocycles. The number of hydrogen-bond donors (Lipinski definition) is 0. The minimum atomic E-state index is 0.0782. The smallest absolute Gasteiger partial charge is 0.231 e. The van der Waals surface area contributed by atoms with Crippen molar-refractivity contribution < 1.29 is 4.42 Å². The van der Waals surface area contributed by atoms with E-state index in [-0.39, 0.29) is 10.8 Å². The van der Waals surface area contributed by atoms with Gasteiger partial charge in [-0.2, -0.15) is 4.98 Å². The summed E-state index contributed by atoms with van der Waals surface area (Å²) >= 11 is 0. The maximum atomic E-state index is 6.32. The van der Waals surface area contributed by atoms with Crippen molar-refractivity contribution in [3.05, 3.63) is 156 Å². The molecule has 2 spiro atoms. The predicted molar refractivity (Wildman–Crippen MR) is 224 cm³/mol. The molecule has 3 heteroatoms. The molecule has 0 bridgehead atoms. The number of rotatable bonds is 3.